The molecule has 1 unspecified atom stereocenters. The molecule has 0 aliphatic carbocycles. The average Bonchev–Trinajstić information content (AvgIpc) is 2.89. The Morgan fingerprint density at radius 1 is 1.29 bits per heavy atom. The monoisotopic (exact) mass is 369 g/mol. The van der Waals surface area contributed by atoms with Crippen LogP contribution in [0.3, 0.4) is 0 Å². The Kier molecular flexibility index (Phi) is 6.43. The number of halogens is 1. The summed E-state index contributed by atoms with van der Waals surface area (Å²) in [6.45, 7) is 7.05. The predicted molar refractivity (Wildman–Crippen MR) is 96.9 cm³/mol. The first-order valence-corrected chi connectivity index (χ1v) is 9.98. The van der Waals surface area contributed by atoms with Crippen LogP contribution in [0.1, 0.15) is 43.9 Å². The van der Waals surface area contributed by atoms with Crippen LogP contribution in [0.15, 0.2) is 35.4 Å². The molecule has 2 rings (SSSR count). The molecule has 0 bridgehead atoms. The van der Waals surface area contributed by atoms with Crippen molar-refractivity contribution in [2.45, 2.75) is 51.0 Å². The van der Waals surface area contributed by atoms with Crippen molar-refractivity contribution in [2.75, 3.05) is 6.54 Å². The Morgan fingerprint density at radius 2 is 1.96 bits per heavy atom. The third-order valence-electron chi connectivity index (χ3n) is 4.11. The van der Waals surface area contributed by atoms with E-state index in [1.54, 1.807) is 23.0 Å². The summed E-state index contributed by atoms with van der Waals surface area (Å²) >= 11 is 5.95. The summed E-state index contributed by atoms with van der Waals surface area (Å²) in [7, 11) is -3.47. The summed E-state index contributed by atoms with van der Waals surface area (Å²) in [4.78, 5) is 0.299. The molecule has 24 heavy (non-hydrogen) atoms. The molecule has 132 valence electrons. The largest absolute Gasteiger partial charge is 0.271 e. The van der Waals surface area contributed by atoms with E-state index in [4.69, 9.17) is 11.6 Å². The number of aromatic nitrogens is 2. The minimum atomic E-state index is -3.47. The zero-order chi connectivity index (χ0) is 17.7. The first-order valence-electron chi connectivity index (χ1n) is 8.12. The van der Waals surface area contributed by atoms with Gasteiger partial charge in [0.05, 0.1) is 15.6 Å². The third kappa shape index (κ3) is 4.82. The second-order valence-electron chi connectivity index (χ2n) is 5.96. The molecule has 1 atom stereocenters. The Balaban J connectivity index is 1.89. The smallest absolute Gasteiger partial charge is 0.240 e. The number of hydrogen-bond donors (Lipinski definition) is 1. The molecule has 0 fully saturated rings. The van der Waals surface area contributed by atoms with Crippen LogP contribution >= 0.6 is 11.6 Å². The van der Waals surface area contributed by atoms with Gasteiger partial charge in [-0.05, 0) is 43.4 Å². The van der Waals surface area contributed by atoms with Crippen LogP contribution in [0.25, 0.3) is 0 Å². The van der Waals surface area contributed by atoms with Crippen molar-refractivity contribution >= 4 is 21.6 Å². The first-order chi connectivity index (χ1) is 11.3. The van der Waals surface area contributed by atoms with E-state index in [0.29, 0.717) is 35.3 Å². The summed E-state index contributed by atoms with van der Waals surface area (Å²) in [5.74, 6) is 0.430. The lowest BCUT2D eigenvalue weighted by atomic mass is 9.99. The van der Waals surface area contributed by atoms with Gasteiger partial charge in [-0.2, -0.15) is 5.10 Å². The van der Waals surface area contributed by atoms with Crippen molar-refractivity contribution in [3.8, 4) is 0 Å². The number of hydrogen-bond acceptors (Lipinski definition) is 3. The highest BCUT2D eigenvalue weighted by molar-refractivity contribution is 7.89. The average molecular weight is 370 g/mol. The van der Waals surface area contributed by atoms with Gasteiger partial charge in [0, 0.05) is 19.3 Å². The standard InChI is InChI=1S/C17H24ClN3O2S/c1-4-13(2)15-6-8-16(9-7-15)24(22,23)19-10-5-11-21-12-17(18)14(3)20-21/h6-9,12-13,19H,4-5,10-11H2,1-3H3. The highest BCUT2D eigenvalue weighted by Gasteiger charge is 2.14. The zero-order valence-electron chi connectivity index (χ0n) is 14.3. The summed E-state index contributed by atoms with van der Waals surface area (Å²) in [6, 6.07) is 7.11. The molecule has 0 spiro atoms. The van der Waals surface area contributed by atoms with Crippen LogP contribution < -0.4 is 4.72 Å². The van der Waals surface area contributed by atoms with E-state index in [-0.39, 0.29) is 0 Å². The molecule has 0 saturated carbocycles. The molecule has 5 nitrogen and oxygen atoms in total. The summed E-state index contributed by atoms with van der Waals surface area (Å²) in [5, 5.41) is 4.87. The maximum atomic E-state index is 12.3. The van der Waals surface area contributed by atoms with Gasteiger partial charge in [0.2, 0.25) is 10.0 Å². The maximum Gasteiger partial charge on any atom is 0.240 e. The van der Waals surface area contributed by atoms with Crippen LogP contribution in [-0.4, -0.2) is 24.7 Å². The molecule has 7 heteroatoms. The molecule has 1 aromatic carbocycles. The van der Waals surface area contributed by atoms with Crippen molar-refractivity contribution in [1.82, 2.24) is 14.5 Å². The van der Waals surface area contributed by atoms with E-state index >= 15 is 0 Å². The summed E-state index contributed by atoms with van der Waals surface area (Å²) in [5.41, 5.74) is 1.93. The lowest BCUT2D eigenvalue weighted by Gasteiger charge is -2.11. The lowest BCUT2D eigenvalue weighted by molar-refractivity contribution is 0.551. The number of benzene rings is 1. The fourth-order valence-electron chi connectivity index (χ4n) is 2.35. The van der Waals surface area contributed by atoms with Crippen molar-refractivity contribution in [1.29, 1.82) is 0 Å². The van der Waals surface area contributed by atoms with Gasteiger partial charge in [-0.3, -0.25) is 4.68 Å². The van der Waals surface area contributed by atoms with Gasteiger partial charge < -0.3 is 0 Å². The molecule has 1 N–H and O–H groups in total. The van der Waals surface area contributed by atoms with Crippen molar-refractivity contribution in [3.63, 3.8) is 0 Å². The maximum absolute atomic E-state index is 12.3. The number of nitrogens with zero attached hydrogens (tertiary/aromatic N) is 2. The predicted octanol–water partition coefficient (Wildman–Crippen LogP) is 3.73. The molecule has 1 heterocycles. The minimum Gasteiger partial charge on any atom is -0.271 e. The van der Waals surface area contributed by atoms with E-state index < -0.39 is 10.0 Å². The molecule has 0 aliphatic rings. The van der Waals surface area contributed by atoms with Gasteiger partial charge in [0.15, 0.2) is 0 Å². The fraction of sp³-hybridized carbons (Fsp3) is 0.471. The van der Waals surface area contributed by atoms with E-state index in [0.717, 1.165) is 17.7 Å². The third-order valence-corrected chi connectivity index (χ3v) is 5.96. The van der Waals surface area contributed by atoms with Crippen LogP contribution in [0.2, 0.25) is 5.02 Å². The molecule has 1 aromatic heterocycles. The van der Waals surface area contributed by atoms with Crippen LogP contribution in [0, 0.1) is 6.92 Å². The Bertz CT molecular complexity index is 750. The van der Waals surface area contributed by atoms with Crippen molar-refractivity contribution in [3.05, 3.63) is 46.7 Å². The van der Waals surface area contributed by atoms with Crippen molar-refractivity contribution < 1.29 is 8.42 Å². The SMILES string of the molecule is CCC(C)c1ccc(S(=O)(=O)NCCCn2cc(Cl)c(C)n2)cc1. The van der Waals surface area contributed by atoms with E-state index in [1.807, 2.05) is 19.1 Å². The molecular formula is C17H24ClN3O2S. The van der Waals surface area contributed by atoms with Crippen LogP contribution in [0.5, 0.6) is 0 Å². The van der Waals surface area contributed by atoms with Crippen LogP contribution in [-0.2, 0) is 16.6 Å². The normalized spacial score (nSPS) is 13.2. The second kappa shape index (κ2) is 8.14. The Hall–Kier alpha value is -1.37. The first kappa shape index (κ1) is 19.0. The Labute approximate surface area is 149 Å². The number of nitrogens with one attached hydrogen (secondary N) is 1. The molecule has 0 amide bonds. The van der Waals surface area contributed by atoms with Gasteiger partial charge in [0.25, 0.3) is 0 Å². The molecule has 0 saturated heterocycles. The van der Waals surface area contributed by atoms with E-state index in [1.165, 1.54) is 0 Å². The topological polar surface area (TPSA) is 64.0 Å². The minimum absolute atomic E-state index is 0.299. The summed E-state index contributed by atoms with van der Waals surface area (Å²) < 4.78 is 29.0. The molecule has 0 aliphatic heterocycles. The van der Waals surface area contributed by atoms with Crippen molar-refractivity contribution in [2.24, 2.45) is 0 Å². The highest BCUT2D eigenvalue weighted by atomic mass is 35.5. The lowest BCUT2D eigenvalue weighted by Crippen LogP contribution is -2.25. The number of aryl methyl sites for hydroxylation is 2. The fourth-order valence-corrected chi connectivity index (χ4v) is 3.57. The zero-order valence-corrected chi connectivity index (χ0v) is 15.9. The van der Waals surface area contributed by atoms with Gasteiger partial charge in [-0.25, -0.2) is 13.1 Å². The van der Waals surface area contributed by atoms with E-state index in [9.17, 15) is 8.42 Å². The number of rotatable bonds is 8. The van der Waals surface area contributed by atoms with Gasteiger partial charge in [-0.1, -0.05) is 37.6 Å². The van der Waals surface area contributed by atoms with E-state index in [2.05, 4.69) is 23.7 Å². The second-order valence-corrected chi connectivity index (χ2v) is 8.13. The summed E-state index contributed by atoms with van der Waals surface area (Å²) in [6.07, 6.45) is 3.42. The number of sulfonamides is 1. The van der Waals surface area contributed by atoms with Gasteiger partial charge in [0.1, 0.15) is 0 Å². The Morgan fingerprint density at radius 3 is 2.50 bits per heavy atom. The van der Waals surface area contributed by atoms with Gasteiger partial charge >= 0.3 is 0 Å². The van der Waals surface area contributed by atoms with Crippen LogP contribution in [0.4, 0.5) is 0 Å². The molecule has 0 radical (unpaired) electrons. The van der Waals surface area contributed by atoms with Gasteiger partial charge in [-0.15, -0.1) is 0 Å². The quantitative estimate of drug-likeness (QED) is 0.721. The molecular weight excluding hydrogens is 346 g/mol. The highest BCUT2D eigenvalue weighted by Crippen LogP contribution is 2.20. The molecule has 2 aromatic rings.